The number of anilines is 1. The van der Waals surface area contributed by atoms with E-state index >= 15 is 0 Å². The van der Waals surface area contributed by atoms with Gasteiger partial charge >= 0.3 is 0 Å². The Morgan fingerprint density at radius 1 is 1.32 bits per heavy atom. The number of aromatic nitrogens is 4. The second-order valence-electron chi connectivity index (χ2n) is 6.13. The van der Waals surface area contributed by atoms with Crippen molar-refractivity contribution in [1.29, 1.82) is 0 Å². The summed E-state index contributed by atoms with van der Waals surface area (Å²) < 4.78 is 1.79. The lowest BCUT2D eigenvalue weighted by Gasteiger charge is -2.11. The van der Waals surface area contributed by atoms with Gasteiger partial charge in [0, 0.05) is 22.4 Å². The van der Waals surface area contributed by atoms with Crippen molar-refractivity contribution in [3.8, 4) is 0 Å². The van der Waals surface area contributed by atoms with Gasteiger partial charge in [-0.2, -0.15) is 5.10 Å². The van der Waals surface area contributed by atoms with E-state index in [-0.39, 0.29) is 11.9 Å². The van der Waals surface area contributed by atoms with E-state index < -0.39 is 0 Å². The number of carbonyl (C=O) groups excluding carboxylic acids is 1. The number of fused-ring (bicyclic) bond motifs is 1. The van der Waals surface area contributed by atoms with E-state index in [4.69, 9.17) is 0 Å². The molecule has 1 N–H and O–H groups in total. The molecular weight excluding hydrogens is 354 g/mol. The maximum atomic E-state index is 12.4. The summed E-state index contributed by atoms with van der Waals surface area (Å²) in [5.41, 5.74) is 1.20. The van der Waals surface area contributed by atoms with Gasteiger partial charge in [-0.3, -0.25) is 4.79 Å². The van der Waals surface area contributed by atoms with Crippen LogP contribution >= 0.6 is 23.1 Å². The Morgan fingerprint density at radius 3 is 2.80 bits per heavy atom. The highest BCUT2D eigenvalue weighted by Gasteiger charge is 2.16. The first-order valence-electron chi connectivity index (χ1n) is 8.07. The molecule has 1 amide bonds. The zero-order chi connectivity index (χ0) is 18.1. The molecule has 0 aromatic carbocycles. The minimum Gasteiger partial charge on any atom is -0.310 e. The van der Waals surface area contributed by atoms with Gasteiger partial charge in [0.1, 0.15) is 21.5 Å². The van der Waals surface area contributed by atoms with Gasteiger partial charge in [0.15, 0.2) is 0 Å². The summed E-state index contributed by atoms with van der Waals surface area (Å²) in [6, 6.07) is 2.00. The molecule has 3 rings (SSSR count). The first-order chi connectivity index (χ1) is 11.9. The van der Waals surface area contributed by atoms with Gasteiger partial charge in [0.2, 0.25) is 5.91 Å². The van der Waals surface area contributed by atoms with Crippen molar-refractivity contribution in [2.45, 2.75) is 45.7 Å². The quantitative estimate of drug-likeness (QED) is 0.536. The van der Waals surface area contributed by atoms with Crippen molar-refractivity contribution in [3.63, 3.8) is 0 Å². The normalized spacial score (nSPS) is 11.4. The van der Waals surface area contributed by atoms with E-state index in [0.717, 1.165) is 21.1 Å². The summed E-state index contributed by atoms with van der Waals surface area (Å²) in [6.07, 6.45) is 1.69. The van der Waals surface area contributed by atoms with E-state index in [1.54, 1.807) is 22.2 Å². The average molecular weight is 376 g/mol. The molecule has 0 radical (unpaired) electrons. The van der Waals surface area contributed by atoms with Crippen LogP contribution in [0, 0.1) is 20.8 Å². The van der Waals surface area contributed by atoms with Gasteiger partial charge in [-0.05, 0) is 40.2 Å². The first-order valence-corrected chi connectivity index (χ1v) is 9.87. The molecule has 0 unspecified atom stereocenters. The Hall–Kier alpha value is -1.93. The molecule has 0 atom stereocenters. The van der Waals surface area contributed by atoms with Crippen molar-refractivity contribution in [2.75, 3.05) is 11.1 Å². The van der Waals surface area contributed by atoms with E-state index in [2.05, 4.69) is 34.2 Å². The molecule has 0 spiro atoms. The number of nitrogens with zero attached hydrogens (tertiary/aromatic N) is 4. The van der Waals surface area contributed by atoms with Crippen LogP contribution in [0.1, 0.15) is 36.2 Å². The van der Waals surface area contributed by atoms with Crippen molar-refractivity contribution in [2.24, 2.45) is 0 Å². The highest BCUT2D eigenvalue weighted by atomic mass is 32.2. The van der Waals surface area contributed by atoms with Crippen molar-refractivity contribution in [1.82, 2.24) is 19.7 Å². The average Bonchev–Trinajstić information content (AvgIpc) is 3.10. The molecule has 132 valence electrons. The predicted molar refractivity (Wildman–Crippen MR) is 104 cm³/mol. The fraction of sp³-hybridized carbons (Fsp3) is 0.412. The van der Waals surface area contributed by atoms with Crippen LogP contribution in [0.3, 0.4) is 0 Å². The molecule has 3 aromatic rings. The van der Waals surface area contributed by atoms with E-state index in [9.17, 15) is 4.79 Å². The van der Waals surface area contributed by atoms with Crippen molar-refractivity contribution in [3.05, 3.63) is 28.5 Å². The predicted octanol–water partition coefficient (Wildman–Crippen LogP) is 4.12. The van der Waals surface area contributed by atoms with Crippen molar-refractivity contribution < 1.29 is 4.79 Å². The van der Waals surface area contributed by atoms with Crippen LogP contribution in [0.15, 0.2) is 17.3 Å². The molecule has 6 nitrogen and oxygen atoms in total. The summed E-state index contributed by atoms with van der Waals surface area (Å²) in [5.74, 6) is 1.67. The summed E-state index contributed by atoms with van der Waals surface area (Å²) in [4.78, 5) is 23.7. The monoisotopic (exact) mass is 375 g/mol. The first kappa shape index (κ1) is 17.9. The summed E-state index contributed by atoms with van der Waals surface area (Å²) >= 11 is 3.12. The van der Waals surface area contributed by atoms with Crippen LogP contribution in [0.2, 0.25) is 0 Å². The van der Waals surface area contributed by atoms with Gasteiger partial charge < -0.3 is 5.32 Å². The van der Waals surface area contributed by atoms with Gasteiger partial charge in [-0.1, -0.05) is 11.8 Å². The third-order valence-electron chi connectivity index (χ3n) is 3.87. The molecule has 0 fully saturated rings. The minimum absolute atomic E-state index is 0.0681. The number of hydrogen-bond donors (Lipinski definition) is 1. The number of carbonyl (C=O) groups is 1. The zero-order valence-corrected chi connectivity index (χ0v) is 16.6. The van der Waals surface area contributed by atoms with E-state index in [0.29, 0.717) is 11.6 Å². The molecule has 25 heavy (non-hydrogen) atoms. The Balaban J connectivity index is 1.76. The molecule has 8 heteroatoms. The van der Waals surface area contributed by atoms with Crippen LogP contribution in [0.4, 0.5) is 5.82 Å². The SMILES string of the molecule is Cc1nc(SCC(=O)Nc2ccnn2C(C)C)c2c(C)c(C)sc2n1. The van der Waals surface area contributed by atoms with Crippen LogP contribution in [0.5, 0.6) is 0 Å². The topological polar surface area (TPSA) is 72.7 Å². The fourth-order valence-electron chi connectivity index (χ4n) is 2.56. The highest BCUT2D eigenvalue weighted by molar-refractivity contribution is 8.00. The molecule has 3 heterocycles. The fourth-order valence-corrected chi connectivity index (χ4v) is 4.63. The van der Waals surface area contributed by atoms with Crippen molar-refractivity contribution >= 4 is 45.0 Å². The van der Waals surface area contributed by atoms with Gasteiger partial charge in [0.05, 0.1) is 11.9 Å². The lowest BCUT2D eigenvalue weighted by atomic mass is 10.2. The Kier molecular flexibility index (Phi) is 5.10. The Bertz CT molecular complexity index is 929. The largest absolute Gasteiger partial charge is 0.310 e. The Morgan fingerprint density at radius 2 is 2.08 bits per heavy atom. The third-order valence-corrected chi connectivity index (χ3v) is 5.95. The minimum atomic E-state index is -0.0681. The lowest BCUT2D eigenvalue weighted by Crippen LogP contribution is -2.18. The third kappa shape index (κ3) is 3.69. The second-order valence-corrected chi connectivity index (χ2v) is 8.30. The summed E-state index contributed by atoms with van der Waals surface area (Å²) in [5, 5.41) is 9.09. The summed E-state index contributed by atoms with van der Waals surface area (Å²) in [7, 11) is 0. The highest BCUT2D eigenvalue weighted by Crippen LogP contribution is 2.35. The molecule has 0 aliphatic heterocycles. The molecular formula is C17H21N5OS2. The molecule has 0 saturated heterocycles. The smallest absolute Gasteiger partial charge is 0.235 e. The van der Waals surface area contributed by atoms with Gasteiger partial charge in [-0.15, -0.1) is 11.3 Å². The molecule has 0 saturated carbocycles. The van der Waals surface area contributed by atoms with Gasteiger partial charge in [-0.25, -0.2) is 14.6 Å². The van der Waals surface area contributed by atoms with E-state index in [1.807, 2.05) is 26.8 Å². The number of thioether (sulfide) groups is 1. The maximum Gasteiger partial charge on any atom is 0.235 e. The van der Waals surface area contributed by atoms with Crippen LogP contribution in [-0.4, -0.2) is 31.4 Å². The molecule has 0 aliphatic carbocycles. The number of thiophene rings is 1. The van der Waals surface area contributed by atoms with Crippen LogP contribution in [0.25, 0.3) is 10.2 Å². The van der Waals surface area contributed by atoms with E-state index in [1.165, 1.54) is 22.2 Å². The standard InChI is InChI=1S/C17H21N5OS2/c1-9(2)22-13(6-7-18-22)21-14(23)8-24-16-15-10(3)11(4)25-17(15)20-12(5)19-16/h6-7,9H,8H2,1-5H3,(H,21,23). The number of rotatable bonds is 5. The molecule has 0 aliphatic rings. The van der Waals surface area contributed by atoms with Crippen LogP contribution < -0.4 is 5.32 Å². The maximum absolute atomic E-state index is 12.4. The Labute approximate surface area is 155 Å². The molecule has 3 aromatic heterocycles. The van der Waals surface area contributed by atoms with Gasteiger partial charge in [0.25, 0.3) is 0 Å². The number of aryl methyl sites for hydroxylation is 3. The number of hydrogen-bond acceptors (Lipinski definition) is 6. The summed E-state index contributed by atoms with van der Waals surface area (Å²) in [6.45, 7) is 10.1. The lowest BCUT2D eigenvalue weighted by molar-refractivity contribution is -0.113. The number of nitrogens with one attached hydrogen (secondary N) is 1. The number of amides is 1. The second kappa shape index (κ2) is 7.13. The molecule has 0 bridgehead atoms. The van der Waals surface area contributed by atoms with Crippen LogP contribution in [-0.2, 0) is 4.79 Å². The zero-order valence-electron chi connectivity index (χ0n) is 15.0.